The highest BCUT2D eigenvalue weighted by Crippen LogP contribution is 2.27. The summed E-state index contributed by atoms with van der Waals surface area (Å²) in [5.41, 5.74) is 5.54. The van der Waals surface area contributed by atoms with Crippen LogP contribution in [0, 0.1) is 0 Å². The number of hydrogen-bond acceptors (Lipinski definition) is 5. The highest BCUT2D eigenvalue weighted by Gasteiger charge is 2.26. The summed E-state index contributed by atoms with van der Waals surface area (Å²) in [7, 11) is -2.44. The number of nitrogens with one attached hydrogen (secondary N) is 1. The number of carbonyl (C=O) groups is 1. The minimum Gasteiger partial charge on any atom is -0.495 e. The maximum Gasteiger partial charge on any atom is 0.235 e. The van der Waals surface area contributed by atoms with Crippen LogP contribution in [0.1, 0.15) is 27.2 Å². The topological polar surface area (TPSA) is 98.5 Å². The first kappa shape index (κ1) is 17.3. The Hall–Kier alpha value is -1.76. The number of anilines is 1. The summed E-state index contributed by atoms with van der Waals surface area (Å²) in [6.07, 6.45) is 0.698. The van der Waals surface area contributed by atoms with E-state index in [-0.39, 0.29) is 10.6 Å². The number of benzene rings is 1. The quantitative estimate of drug-likeness (QED) is 0.772. The van der Waals surface area contributed by atoms with Gasteiger partial charge in [-0.3, -0.25) is 4.79 Å². The van der Waals surface area contributed by atoms with Crippen molar-refractivity contribution >= 4 is 21.4 Å². The first-order valence-electron chi connectivity index (χ1n) is 6.58. The summed E-state index contributed by atoms with van der Waals surface area (Å²) in [4.78, 5) is 11.9. The lowest BCUT2D eigenvalue weighted by Gasteiger charge is -2.24. The Balaban J connectivity index is 3.00. The molecule has 0 fully saturated rings. The van der Waals surface area contributed by atoms with Crippen LogP contribution in [0.4, 0.5) is 5.69 Å². The summed E-state index contributed by atoms with van der Waals surface area (Å²) in [6.45, 7) is 5.58. The molecule has 0 aliphatic rings. The van der Waals surface area contributed by atoms with Crippen molar-refractivity contribution in [2.24, 2.45) is 0 Å². The highest BCUT2D eigenvalue weighted by atomic mass is 32.2. The number of rotatable bonds is 6. The Kier molecular flexibility index (Phi) is 5.22. The van der Waals surface area contributed by atoms with E-state index >= 15 is 0 Å². The molecule has 3 N–H and O–H groups in total. The van der Waals surface area contributed by atoms with Crippen LogP contribution in [-0.2, 0) is 14.6 Å². The summed E-state index contributed by atoms with van der Waals surface area (Å²) < 4.78 is 29.7. The van der Waals surface area contributed by atoms with E-state index < -0.39 is 27.0 Å². The molecule has 118 valence electrons. The Morgan fingerprint density at radius 2 is 2.00 bits per heavy atom. The van der Waals surface area contributed by atoms with E-state index in [2.05, 4.69) is 5.32 Å². The molecule has 1 aromatic carbocycles. The fourth-order valence-electron chi connectivity index (χ4n) is 1.69. The molecule has 0 bridgehead atoms. The molecule has 0 atom stereocenters. The second kappa shape index (κ2) is 6.34. The molecule has 0 aromatic heterocycles. The Bertz CT molecular complexity index is 624. The molecule has 0 aliphatic carbocycles. The van der Waals surface area contributed by atoms with Gasteiger partial charge in [-0.1, -0.05) is 6.92 Å². The van der Waals surface area contributed by atoms with Gasteiger partial charge in [-0.05, 0) is 32.4 Å². The van der Waals surface area contributed by atoms with E-state index in [0.29, 0.717) is 12.1 Å². The third kappa shape index (κ3) is 4.63. The highest BCUT2D eigenvalue weighted by molar-refractivity contribution is 7.92. The second-order valence-corrected chi connectivity index (χ2v) is 7.41. The number of carbonyl (C=O) groups excluding carboxylic acids is 1. The van der Waals surface area contributed by atoms with Gasteiger partial charge in [0.05, 0.1) is 7.11 Å². The van der Waals surface area contributed by atoms with Gasteiger partial charge in [0.1, 0.15) is 16.4 Å². The molecule has 0 saturated carbocycles. The number of methoxy groups -OCH3 is 1. The Morgan fingerprint density at radius 3 is 2.52 bits per heavy atom. The predicted octanol–water partition coefficient (Wildman–Crippen LogP) is 1.36. The van der Waals surface area contributed by atoms with Crippen LogP contribution in [0.15, 0.2) is 23.1 Å². The fraction of sp³-hybridized carbons (Fsp3) is 0.500. The Labute approximate surface area is 125 Å². The minimum absolute atomic E-state index is 0.0383. The van der Waals surface area contributed by atoms with Gasteiger partial charge in [0, 0.05) is 17.3 Å². The van der Waals surface area contributed by atoms with E-state index in [1.54, 1.807) is 0 Å². The van der Waals surface area contributed by atoms with Gasteiger partial charge in [-0.2, -0.15) is 0 Å². The van der Waals surface area contributed by atoms with Crippen LogP contribution in [-0.4, -0.2) is 32.7 Å². The number of hydrogen-bond donors (Lipinski definition) is 2. The molecular weight excluding hydrogens is 292 g/mol. The van der Waals surface area contributed by atoms with Gasteiger partial charge >= 0.3 is 0 Å². The summed E-state index contributed by atoms with van der Waals surface area (Å²) in [5.74, 6) is -1.03. The molecule has 0 radical (unpaired) electrons. The van der Waals surface area contributed by atoms with E-state index in [4.69, 9.17) is 10.5 Å². The smallest absolute Gasteiger partial charge is 0.235 e. The van der Waals surface area contributed by atoms with E-state index in [1.807, 2.05) is 20.8 Å². The molecule has 6 nitrogen and oxygen atoms in total. The van der Waals surface area contributed by atoms with Crippen LogP contribution in [0.5, 0.6) is 5.75 Å². The van der Waals surface area contributed by atoms with Crippen LogP contribution < -0.4 is 15.8 Å². The molecular formula is C14H22N2O4S. The maximum absolute atomic E-state index is 12.3. The van der Waals surface area contributed by atoms with E-state index in [0.717, 1.165) is 0 Å². The van der Waals surface area contributed by atoms with Gasteiger partial charge < -0.3 is 15.8 Å². The molecule has 1 rings (SSSR count). The zero-order valence-corrected chi connectivity index (χ0v) is 13.6. The summed E-state index contributed by atoms with van der Waals surface area (Å²) in [6, 6.07) is 4.23. The molecule has 0 saturated heterocycles. The van der Waals surface area contributed by atoms with Crippen molar-refractivity contribution in [2.75, 3.05) is 18.6 Å². The number of nitrogens with two attached hydrogens (primary N) is 1. The predicted molar refractivity (Wildman–Crippen MR) is 82.0 cm³/mol. The van der Waals surface area contributed by atoms with Crippen molar-refractivity contribution in [3.8, 4) is 5.75 Å². The van der Waals surface area contributed by atoms with Gasteiger partial charge in [-0.15, -0.1) is 0 Å². The second-order valence-electron chi connectivity index (χ2n) is 5.45. The third-order valence-corrected chi connectivity index (χ3v) is 4.86. The SMILES string of the molecule is CCC(C)(C)NC(=O)CS(=O)(=O)c1ccc(N)cc1OC. The molecule has 0 aliphatic heterocycles. The lowest BCUT2D eigenvalue weighted by molar-refractivity contribution is -0.120. The van der Waals surface area contributed by atoms with E-state index in [9.17, 15) is 13.2 Å². The van der Waals surface area contributed by atoms with Gasteiger partial charge in [-0.25, -0.2) is 8.42 Å². The number of ether oxygens (including phenoxy) is 1. The van der Waals surface area contributed by atoms with Gasteiger partial charge in [0.25, 0.3) is 0 Å². The van der Waals surface area contributed by atoms with Gasteiger partial charge in [0.15, 0.2) is 9.84 Å². The Morgan fingerprint density at radius 1 is 1.38 bits per heavy atom. The van der Waals surface area contributed by atoms with Crippen molar-refractivity contribution in [2.45, 2.75) is 37.6 Å². The summed E-state index contributed by atoms with van der Waals surface area (Å²) >= 11 is 0. The first-order chi connectivity index (χ1) is 9.61. The normalized spacial score (nSPS) is 12.0. The van der Waals surface area contributed by atoms with Crippen LogP contribution >= 0.6 is 0 Å². The summed E-state index contributed by atoms with van der Waals surface area (Å²) in [5, 5.41) is 2.70. The van der Waals surface area contributed by atoms with Crippen LogP contribution in [0.3, 0.4) is 0 Å². The van der Waals surface area contributed by atoms with Crippen molar-refractivity contribution in [3.05, 3.63) is 18.2 Å². The van der Waals surface area contributed by atoms with Crippen molar-refractivity contribution < 1.29 is 17.9 Å². The van der Waals surface area contributed by atoms with Crippen molar-refractivity contribution in [3.63, 3.8) is 0 Å². The molecule has 0 unspecified atom stereocenters. The van der Waals surface area contributed by atoms with Crippen LogP contribution in [0.2, 0.25) is 0 Å². The van der Waals surface area contributed by atoms with Crippen LogP contribution in [0.25, 0.3) is 0 Å². The molecule has 1 aromatic rings. The number of sulfone groups is 1. The minimum atomic E-state index is -3.79. The fourth-order valence-corrected chi connectivity index (χ4v) is 2.99. The van der Waals surface area contributed by atoms with Crippen molar-refractivity contribution in [1.29, 1.82) is 0 Å². The largest absolute Gasteiger partial charge is 0.495 e. The zero-order valence-electron chi connectivity index (χ0n) is 12.8. The molecule has 0 heterocycles. The monoisotopic (exact) mass is 314 g/mol. The maximum atomic E-state index is 12.3. The molecule has 0 spiro atoms. The third-order valence-electron chi connectivity index (χ3n) is 3.21. The zero-order chi connectivity index (χ0) is 16.3. The lowest BCUT2D eigenvalue weighted by atomic mass is 10.0. The number of amides is 1. The van der Waals surface area contributed by atoms with Crippen molar-refractivity contribution in [1.82, 2.24) is 5.32 Å². The molecule has 7 heteroatoms. The molecule has 1 amide bonds. The molecule has 21 heavy (non-hydrogen) atoms. The lowest BCUT2D eigenvalue weighted by Crippen LogP contribution is -2.45. The first-order valence-corrected chi connectivity index (χ1v) is 8.24. The van der Waals surface area contributed by atoms with Gasteiger partial charge in [0.2, 0.25) is 5.91 Å². The van der Waals surface area contributed by atoms with E-state index in [1.165, 1.54) is 25.3 Å². The average molecular weight is 314 g/mol. The average Bonchev–Trinajstić information content (AvgIpc) is 2.36. The standard InChI is InChI=1S/C14H22N2O4S/c1-5-14(2,3)16-13(17)9-21(18,19)12-7-6-10(15)8-11(12)20-4/h6-8H,5,9,15H2,1-4H3,(H,16,17). The number of nitrogen functional groups attached to an aromatic ring is 1.